The van der Waals surface area contributed by atoms with Gasteiger partial charge in [-0.15, -0.1) is 11.3 Å². The Kier molecular flexibility index (Phi) is 6.11. The zero-order chi connectivity index (χ0) is 22.0. The minimum Gasteiger partial charge on any atom is -0.496 e. The molecule has 2 N–H and O–H groups in total. The van der Waals surface area contributed by atoms with Gasteiger partial charge in [0.1, 0.15) is 10.8 Å². The van der Waals surface area contributed by atoms with Gasteiger partial charge in [-0.3, -0.25) is 4.79 Å². The van der Waals surface area contributed by atoms with Gasteiger partial charge in [0.25, 0.3) is 5.91 Å². The van der Waals surface area contributed by atoms with Gasteiger partial charge in [0.15, 0.2) is 0 Å². The largest absolute Gasteiger partial charge is 0.496 e. The summed E-state index contributed by atoms with van der Waals surface area (Å²) in [6.07, 6.45) is 0.742. The maximum atomic E-state index is 12.0. The van der Waals surface area contributed by atoms with E-state index in [1.54, 1.807) is 7.11 Å². The standard InChI is InChI=1S/C24H22ClN3O2S/c1-15-18(23(26)29)13-21(28(15)12-11-16-7-3-6-10-22(16)30-2)20-14-31-24(27-20)17-8-4-5-9-19(17)25/h3-10,13-14H,11-12H2,1-2H3,(H2,26,29). The number of hydrogen-bond donors (Lipinski definition) is 1. The third-order valence-corrected chi connectivity index (χ3v) is 6.51. The van der Waals surface area contributed by atoms with Crippen LogP contribution < -0.4 is 10.5 Å². The number of aromatic nitrogens is 2. The lowest BCUT2D eigenvalue weighted by Crippen LogP contribution is -2.13. The summed E-state index contributed by atoms with van der Waals surface area (Å²) in [5.74, 6) is 0.398. The number of carbonyl (C=O) groups is 1. The molecule has 0 saturated carbocycles. The second-order valence-corrected chi connectivity index (χ2v) is 8.39. The van der Waals surface area contributed by atoms with E-state index in [0.717, 1.165) is 45.4 Å². The predicted octanol–water partition coefficient (Wildman–Crippen LogP) is 5.59. The van der Waals surface area contributed by atoms with Gasteiger partial charge in [-0.1, -0.05) is 48.0 Å². The molecule has 5 nitrogen and oxygen atoms in total. The minimum atomic E-state index is -0.448. The molecule has 2 heterocycles. The van der Waals surface area contributed by atoms with Crippen LogP contribution in [0.2, 0.25) is 5.02 Å². The van der Waals surface area contributed by atoms with Gasteiger partial charge < -0.3 is 15.0 Å². The van der Waals surface area contributed by atoms with Crippen molar-refractivity contribution in [3.63, 3.8) is 0 Å². The monoisotopic (exact) mass is 451 g/mol. The number of aryl methyl sites for hydroxylation is 1. The zero-order valence-electron chi connectivity index (χ0n) is 17.3. The highest BCUT2D eigenvalue weighted by Gasteiger charge is 2.19. The van der Waals surface area contributed by atoms with Crippen LogP contribution in [-0.2, 0) is 13.0 Å². The Bertz CT molecular complexity index is 1250. The topological polar surface area (TPSA) is 70.1 Å². The van der Waals surface area contributed by atoms with Crippen molar-refractivity contribution in [3.8, 4) is 27.7 Å². The normalized spacial score (nSPS) is 10.9. The molecule has 0 radical (unpaired) electrons. The van der Waals surface area contributed by atoms with E-state index in [1.807, 2.05) is 66.9 Å². The molecule has 0 atom stereocenters. The number of nitrogens with zero attached hydrogens (tertiary/aromatic N) is 2. The number of para-hydroxylation sites is 1. The van der Waals surface area contributed by atoms with E-state index in [9.17, 15) is 4.79 Å². The van der Waals surface area contributed by atoms with E-state index in [2.05, 4.69) is 4.57 Å². The van der Waals surface area contributed by atoms with Crippen molar-refractivity contribution in [2.75, 3.05) is 7.11 Å². The van der Waals surface area contributed by atoms with Gasteiger partial charge in [-0.05, 0) is 37.1 Å². The Labute approximate surface area is 190 Å². The Balaban J connectivity index is 1.72. The quantitative estimate of drug-likeness (QED) is 0.398. The van der Waals surface area contributed by atoms with Crippen LogP contribution in [0, 0.1) is 6.92 Å². The Morgan fingerprint density at radius 2 is 1.94 bits per heavy atom. The number of ether oxygens (including phenoxy) is 1. The molecule has 0 bridgehead atoms. The molecular weight excluding hydrogens is 430 g/mol. The van der Waals surface area contributed by atoms with E-state index in [0.29, 0.717) is 17.1 Å². The molecule has 4 aromatic rings. The summed E-state index contributed by atoms with van der Waals surface area (Å²) < 4.78 is 7.57. The number of hydrogen-bond acceptors (Lipinski definition) is 4. The fourth-order valence-electron chi connectivity index (χ4n) is 3.69. The Morgan fingerprint density at radius 3 is 2.68 bits per heavy atom. The third kappa shape index (κ3) is 4.22. The number of benzene rings is 2. The second kappa shape index (κ2) is 8.96. The smallest absolute Gasteiger partial charge is 0.250 e. The first-order valence-electron chi connectivity index (χ1n) is 9.82. The van der Waals surface area contributed by atoms with Crippen LogP contribution in [0.15, 0.2) is 60.0 Å². The first-order valence-corrected chi connectivity index (χ1v) is 11.1. The number of rotatable bonds is 7. The molecule has 2 aromatic heterocycles. The van der Waals surface area contributed by atoms with E-state index >= 15 is 0 Å². The molecule has 0 aliphatic carbocycles. The molecule has 0 fully saturated rings. The van der Waals surface area contributed by atoms with Crippen LogP contribution in [0.4, 0.5) is 0 Å². The van der Waals surface area contributed by atoms with E-state index in [-0.39, 0.29) is 0 Å². The van der Waals surface area contributed by atoms with Crippen LogP contribution in [0.1, 0.15) is 21.6 Å². The lowest BCUT2D eigenvalue weighted by molar-refractivity contribution is 0.0999. The zero-order valence-corrected chi connectivity index (χ0v) is 18.8. The van der Waals surface area contributed by atoms with Crippen LogP contribution in [0.5, 0.6) is 5.75 Å². The molecule has 0 spiro atoms. The average molecular weight is 452 g/mol. The molecule has 7 heteroatoms. The van der Waals surface area contributed by atoms with Gasteiger partial charge >= 0.3 is 0 Å². The Hall–Kier alpha value is -3.09. The van der Waals surface area contributed by atoms with Crippen molar-refractivity contribution >= 4 is 28.8 Å². The van der Waals surface area contributed by atoms with Crippen LogP contribution in [0.3, 0.4) is 0 Å². The van der Waals surface area contributed by atoms with Crippen LogP contribution in [-0.4, -0.2) is 22.6 Å². The SMILES string of the molecule is COc1ccccc1CCn1c(-c2csc(-c3ccccc3Cl)n2)cc(C(N)=O)c1C. The van der Waals surface area contributed by atoms with E-state index < -0.39 is 5.91 Å². The molecule has 31 heavy (non-hydrogen) atoms. The van der Waals surface area contributed by atoms with E-state index in [4.69, 9.17) is 27.1 Å². The maximum Gasteiger partial charge on any atom is 0.250 e. The van der Waals surface area contributed by atoms with Gasteiger partial charge in [0, 0.05) is 23.2 Å². The first kappa shape index (κ1) is 21.2. The van der Waals surface area contributed by atoms with Crippen LogP contribution in [0.25, 0.3) is 22.0 Å². The molecule has 158 valence electrons. The summed E-state index contributed by atoms with van der Waals surface area (Å²) in [5.41, 5.74) is 10.6. The lowest BCUT2D eigenvalue weighted by Gasteiger charge is -2.13. The fourth-order valence-corrected chi connectivity index (χ4v) is 4.82. The first-order chi connectivity index (χ1) is 15.0. The summed E-state index contributed by atoms with van der Waals surface area (Å²) in [7, 11) is 1.67. The molecule has 4 rings (SSSR count). The van der Waals surface area contributed by atoms with Crippen molar-refractivity contribution in [1.82, 2.24) is 9.55 Å². The maximum absolute atomic E-state index is 12.0. The predicted molar refractivity (Wildman–Crippen MR) is 126 cm³/mol. The summed E-state index contributed by atoms with van der Waals surface area (Å²) in [6, 6.07) is 17.4. The van der Waals surface area contributed by atoms with Crippen LogP contribution >= 0.6 is 22.9 Å². The molecular formula is C24H22ClN3O2S. The molecule has 0 saturated heterocycles. The number of thiazole rings is 1. The number of methoxy groups -OCH3 is 1. The number of primary amides is 1. The van der Waals surface area contributed by atoms with E-state index in [1.165, 1.54) is 11.3 Å². The summed E-state index contributed by atoms with van der Waals surface area (Å²) >= 11 is 7.87. The van der Waals surface area contributed by atoms with Crippen molar-refractivity contribution in [1.29, 1.82) is 0 Å². The highest BCUT2D eigenvalue weighted by atomic mass is 35.5. The summed E-state index contributed by atoms with van der Waals surface area (Å²) in [6.45, 7) is 2.57. The van der Waals surface area contributed by atoms with Gasteiger partial charge in [-0.25, -0.2) is 4.98 Å². The van der Waals surface area contributed by atoms with Gasteiger partial charge in [0.05, 0.1) is 29.1 Å². The molecule has 2 aromatic carbocycles. The van der Waals surface area contributed by atoms with Crippen molar-refractivity contribution < 1.29 is 9.53 Å². The number of halogens is 1. The van der Waals surface area contributed by atoms with Gasteiger partial charge in [-0.2, -0.15) is 0 Å². The number of amides is 1. The highest BCUT2D eigenvalue weighted by molar-refractivity contribution is 7.13. The minimum absolute atomic E-state index is 0.448. The van der Waals surface area contributed by atoms with Crippen molar-refractivity contribution in [2.45, 2.75) is 19.9 Å². The summed E-state index contributed by atoms with van der Waals surface area (Å²) in [5, 5.41) is 3.47. The highest BCUT2D eigenvalue weighted by Crippen LogP contribution is 2.34. The molecule has 0 unspecified atom stereocenters. The average Bonchev–Trinajstić information content (AvgIpc) is 3.37. The Morgan fingerprint density at radius 1 is 1.19 bits per heavy atom. The summed E-state index contributed by atoms with van der Waals surface area (Å²) in [4.78, 5) is 16.8. The number of carbonyl (C=O) groups excluding carboxylic acids is 1. The molecule has 0 aliphatic heterocycles. The number of nitrogens with two attached hydrogens (primary N) is 1. The third-order valence-electron chi connectivity index (χ3n) is 5.30. The second-order valence-electron chi connectivity index (χ2n) is 7.12. The van der Waals surface area contributed by atoms with Gasteiger partial charge in [0.2, 0.25) is 0 Å². The molecule has 0 aliphatic rings. The molecule has 1 amide bonds. The lowest BCUT2D eigenvalue weighted by atomic mass is 10.1. The van der Waals surface area contributed by atoms with Crippen molar-refractivity contribution in [2.24, 2.45) is 5.73 Å². The fraction of sp³-hybridized carbons (Fsp3) is 0.167. The van der Waals surface area contributed by atoms with Crippen molar-refractivity contribution in [3.05, 3.63) is 81.8 Å².